The number of amides is 3. The molecule has 2 aromatic heterocycles. The van der Waals surface area contributed by atoms with E-state index in [-0.39, 0.29) is 13.2 Å². The van der Waals surface area contributed by atoms with Crippen LogP contribution in [-0.4, -0.2) is 105 Å². The Morgan fingerprint density at radius 1 is 0.979 bits per heavy atom. The second-order valence-electron chi connectivity index (χ2n) is 12.6. The molecule has 2 aliphatic rings. The van der Waals surface area contributed by atoms with Crippen LogP contribution in [0.25, 0.3) is 21.9 Å². The molecule has 13 heteroatoms. The summed E-state index contributed by atoms with van der Waals surface area (Å²) < 4.78 is 8.64. The molecule has 0 saturated carbocycles. The molecule has 1 atom stereocenters. The van der Waals surface area contributed by atoms with Gasteiger partial charge < -0.3 is 24.8 Å². The van der Waals surface area contributed by atoms with Crippen molar-refractivity contribution in [1.82, 2.24) is 35.5 Å². The summed E-state index contributed by atoms with van der Waals surface area (Å²) in [6, 6.07) is 13.5. The van der Waals surface area contributed by atoms with Crippen molar-refractivity contribution in [3.8, 4) is 5.75 Å². The molecule has 2 aromatic carbocycles. The van der Waals surface area contributed by atoms with Gasteiger partial charge in [-0.25, -0.2) is 4.68 Å². The van der Waals surface area contributed by atoms with Gasteiger partial charge >= 0.3 is 0 Å². The number of para-hydroxylation sites is 1. The van der Waals surface area contributed by atoms with Gasteiger partial charge in [-0.3, -0.25) is 24.2 Å². The van der Waals surface area contributed by atoms with Crippen LogP contribution < -0.4 is 15.4 Å². The van der Waals surface area contributed by atoms with E-state index in [1.807, 2.05) is 36.4 Å². The quantitative estimate of drug-likeness (QED) is 0.136. The number of carbonyl (C=O) groups is 4. The molecule has 0 spiro atoms. The lowest BCUT2D eigenvalue weighted by atomic mass is 10.1. The first-order chi connectivity index (χ1) is 22.8. The van der Waals surface area contributed by atoms with Crippen LogP contribution >= 0.6 is 0 Å². The van der Waals surface area contributed by atoms with E-state index in [9.17, 15) is 19.2 Å². The van der Waals surface area contributed by atoms with Crippen molar-refractivity contribution in [3.05, 3.63) is 60.3 Å². The van der Waals surface area contributed by atoms with Gasteiger partial charge in [0.2, 0.25) is 11.7 Å². The second kappa shape index (κ2) is 14.2. The molecule has 2 fully saturated rings. The number of nitrogens with one attached hydrogen (secondary N) is 2. The van der Waals surface area contributed by atoms with Gasteiger partial charge in [-0.05, 0) is 68.5 Å². The molecule has 2 aliphatic heterocycles. The number of ketones is 1. The Labute approximate surface area is 272 Å². The maximum Gasteiger partial charge on any atom is 0.291 e. The first-order valence-electron chi connectivity index (χ1n) is 16.3. The number of pyridine rings is 1. The highest BCUT2D eigenvalue weighted by molar-refractivity contribution is 6.38. The molecule has 0 radical (unpaired) electrons. The molecule has 6 rings (SSSR count). The Morgan fingerprint density at radius 2 is 1.81 bits per heavy atom. The van der Waals surface area contributed by atoms with Gasteiger partial charge in [0.05, 0.1) is 56.4 Å². The minimum atomic E-state index is -0.896. The number of Topliss-reactive ketones (excluding diaryl/α,β-unsaturated/α-hetero) is 1. The number of benzene rings is 2. The average Bonchev–Trinajstić information content (AvgIpc) is 3.75. The number of quaternary nitrogens is 1. The van der Waals surface area contributed by atoms with E-state index in [1.54, 1.807) is 18.3 Å². The molecule has 4 aromatic rings. The van der Waals surface area contributed by atoms with Crippen LogP contribution in [-0.2, 0) is 21.1 Å². The summed E-state index contributed by atoms with van der Waals surface area (Å²) in [5.41, 5.74) is 2.40. The van der Waals surface area contributed by atoms with Crippen molar-refractivity contribution in [2.75, 3.05) is 46.4 Å². The lowest BCUT2D eigenvalue weighted by molar-refractivity contribution is -0.914. The highest BCUT2D eigenvalue weighted by atomic mass is 16.5. The van der Waals surface area contributed by atoms with Gasteiger partial charge in [-0.1, -0.05) is 17.3 Å². The zero-order valence-electron chi connectivity index (χ0n) is 26.7. The lowest BCUT2D eigenvalue weighted by Crippen LogP contribution is -2.49. The van der Waals surface area contributed by atoms with E-state index < -0.39 is 29.5 Å². The Hall–Kier alpha value is -4.91. The fourth-order valence-electron chi connectivity index (χ4n) is 6.66. The number of ether oxygens (including phenoxy) is 1. The van der Waals surface area contributed by atoms with Crippen LogP contribution in [0.4, 0.5) is 0 Å². The van der Waals surface area contributed by atoms with E-state index in [1.165, 1.54) is 41.9 Å². The Bertz CT molecular complexity index is 1780. The van der Waals surface area contributed by atoms with E-state index in [2.05, 4.69) is 33.0 Å². The van der Waals surface area contributed by atoms with Crippen LogP contribution in [0.1, 0.15) is 48.9 Å². The molecule has 0 aliphatic carbocycles. The third-order valence-corrected chi connectivity index (χ3v) is 9.27. The first kappa shape index (κ1) is 32.0. The summed E-state index contributed by atoms with van der Waals surface area (Å²) >= 11 is 0. The number of carbonyl (C=O) groups excluding carboxylic acids is 4. The Balaban J connectivity index is 1.02. The van der Waals surface area contributed by atoms with Gasteiger partial charge in [0.25, 0.3) is 11.8 Å². The number of aromatic nitrogens is 4. The highest BCUT2D eigenvalue weighted by Gasteiger charge is 2.37. The van der Waals surface area contributed by atoms with Gasteiger partial charge in [0.15, 0.2) is 0 Å². The van der Waals surface area contributed by atoms with Gasteiger partial charge in [0.1, 0.15) is 24.0 Å². The maximum atomic E-state index is 13.3. The number of hydrogen-bond acceptors (Lipinski definition) is 8. The number of rotatable bonds is 12. The molecule has 2 saturated heterocycles. The van der Waals surface area contributed by atoms with Gasteiger partial charge in [-0.2, -0.15) is 0 Å². The maximum absolute atomic E-state index is 13.3. The molecule has 1 unspecified atom stereocenters. The predicted molar refractivity (Wildman–Crippen MR) is 174 cm³/mol. The molecule has 0 bridgehead atoms. The van der Waals surface area contributed by atoms with Crippen LogP contribution in [0.5, 0.6) is 5.75 Å². The monoisotopic (exact) mass is 641 g/mol. The third-order valence-electron chi connectivity index (χ3n) is 9.27. The molecule has 3 amide bonds. The van der Waals surface area contributed by atoms with Crippen molar-refractivity contribution in [1.29, 1.82) is 0 Å². The normalized spacial score (nSPS) is 17.5. The van der Waals surface area contributed by atoms with Gasteiger partial charge in [-0.15, -0.1) is 5.10 Å². The second-order valence-corrected chi connectivity index (χ2v) is 12.6. The summed E-state index contributed by atoms with van der Waals surface area (Å²) in [6.07, 6.45) is 7.32. The molecule has 246 valence electrons. The van der Waals surface area contributed by atoms with Crippen LogP contribution in [0, 0.1) is 0 Å². The van der Waals surface area contributed by atoms with Crippen molar-refractivity contribution in [2.24, 2.45) is 0 Å². The number of likely N-dealkylation sites (tertiary alicyclic amines) is 2. The highest BCUT2D eigenvalue weighted by Crippen LogP contribution is 2.24. The van der Waals surface area contributed by atoms with E-state index in [4.69, 9.17) is 4.74 Å². The summed E-state index contributed by atoms with van der Waals surface area (Å²) in [5, 5.41) is 14.0. The fraction of sp³-hybridized carbons (Fsp3) is 0.441. The molecular formula is C34H41N8O5+. The van der Waals surface area contributed by atoms with Crippen LogP contribution in [0.15, 0.2) is 54.7 Å². The predicted octanol–water partition coefficient (Wildman–Crippen LogP) is 2.44. The molecule has 13 nitrogen and oxygen atoms in total. The fourth-order valence-corrected chi connectivity index (χ4v) is 6.66. The van der Waals surface area contributed by atoms with E-state index in [0.717, 1.165) is 23.0 Å². The van der Waals surface area contributed by atoms with Crippen LogP contribution in [0.2, 0.25) is 0 Å². The smallest absolute Gasteiger partial charge is 0.291 e. The van der Waals surface area contributed by atoms with Gasteiger partial charge in [0, 0.05) is 24.5 Å². The minimum Gasteiger partial charge on any atom is -0.493 e. The summed E-state index contributed by atoms with van der Waals surface area (Å²) in [6.45, 7) is 4.07. The zero-order valence-corrected chi connectivity index (χ0v) is 26.7. The number of fused-ring (bicyclic) bond motifs is 2. The molecule has 47 heavy (non-hydrogen) atoms. The van der Waals surface area contributed by atoms with E-state index in [0.29, 0.717) is 53.7 Å². The SMILES string of the molecule is C[N+]1(CCCOc2ccc3nccc(C(=O)NCC(=O)N4CCCC4C(=O)C(=O)NCn4nnc5ccccc54)c3c2)CCCCC1. The van der Waals surface area contributed by atoms with Crippen molar-refractivity contribution < 1.29 is 28.4 Å². The standard InChI is InChI=1S/C34H40N8O5/c1-42(17-5-2-6-18-42)19-8-20-47-24-12-13-27-26(21-24)25(14-15-35-27)33(45)36-22-31(43)40-16-7-11-30(40)32(44)34(46)37-23-41-29-10-4-3-9-28(29)38-39-41/h3-4,9-10,12-15,21,30H,2,5-8,11,16-20,22-23H2,1H3,(H-,36,37,45,46)/p+1. The zero-order chi connectivity index (χ0) is 32.8. The summed E-state index contributed by atoms with van der Waals surface area (Å²) in [4.78, 5) is 58.0. The number of hydrogen-bond donors (Lipinski definition) is 2. The number of nitrogens with zero attached hydrogens (tertiary/aromatic N) is 6. The summed E-state index contributed by atoms with van der Waals surface area (Å²) in [5.74, 6) is -1.72. The van der Waals surface area contributed by atoms with E-state index >= 15 is 0 Å². The molecule has 2 N–H and O–H groups in total. The topological polar surface area (TPSA) is 148 Å². The van der Waals surface area contributed by atoms with Crippen LogP contribution in [0.3, 0.4) is 0 Å². The largest absolute Gasteiger partial charge is 0.493 e. The van der Waals surface area contributed by atoms with Crippen molar-refractivity contribution in [2.45, 2.75) is 51.2 Å². The average molecular weight is 642 g/mol. The lowest BCUT2D eigenvalue weighted by Gasteiger charge is -2.37. The third kappa shape index (κ3) is 7.40. The molecule has 4 heterocycles. The number of piperidine rings is 1. The minimum absolute atomic E-state index is 0.0345. The summed E-state index contributed by atoms with van der Waals surface area (Å²) in [7, 11) is 2.32. The molecular weight excluding hydrogens is 600 g/mol. The Kier molecular flexibility index (Phi) is 9.71. The van der Waals surface area contributed by atoms with Crippen molar-refractivity contribution >= 4 is 45.4 Å². The Morgan fingerprint density at radius 3 is 2.66 bits per heavy atom. The first-order valence-corrected chi connectivity index (χ1v) is 16.3. The van der Waals surface area contributed by atoms with Crippen molar-refractivity contribution in [3.63, 3.8) is 0 Å².